The van der Waals surface area contributed by atoms with Crippen LogP contribution in [0.4, 0.5) is 5.69 Å². The van der Waals surface area contributed by atoms with Gasteiger partial charge in [0, 0.05) is 47.5 Å². The minimum absolute atomic E-state index is 0.0187. The van der Waals surface area contributed by atoms with Gasteiger partial charge in [0.15, 0.2) is 5.16 Å². The highest BCUT2D eigenvalue weighted by Gasteiger charge is 2.23. The van der Waals surface area contributed by atoms with Crippen LogP contribution in [-0.4, -0.2) is 41.8 Å². The molecule has 1 atom stereocenters. The lowest BCUT2D eigenvalue weighted by atomic mass is 10.1. The molecule has 150 valence electrons. The molecule has 1 amide bonds. The molecule has 1 aromatic heterocycles. The number of H-pyrrole nitrogens is 1. The molecule has 1 aliphatic rings. The summed E-state index contributed by atoms with van der Waals surface area (Å²) in [4.78, 5) is 33.8. The van der Waals surface area contributed by atoms with Crippen LogP contribution in [0, 0.1) is 12.8 Å². The number of anilines is 1. The summed E-state index contributed by atoms with van der Waals surface area (Å²) in [7, 11) is 0. The third-order valence-corrected chi connectivity index (χ3v) is 6.17. The van der Waals surface area contributed by atoms with Crippen molar-refractivity contribution in [1.29, 1.82) is 0 Å². The Bertz CT molecular complexity index is 885. The lowest BCUT2D eigenvalue weighted by Gasteiger charge is -2.19. The molecule has 1 aliphatic heterocycles. The van der Waals surface area contributed by atoms with Crippen molar-refractivity contribution in [2.45, 2.75) is 31.3 Å². The summed E-state index contributed by atoms with van der Waals surface area (Å²) < 4.78 is 1.08. The zero-order valence-electron chi connectivity index (χ0n) is 16.1. The first-order valence-electron chi connectivity index (χ1n) is 9.37. The van der Waals surface area contributed by atoms with E-state index in [1.54, 1.807) is 0 Å². The number of carbonyl (C=O) groups is 1. The second-order valence-corrected chi connectivity index (χ2v) is 8.73. The second kappa shape index (κ2) is 9.60. The SMILES string of the molecule is CSc1nc(C)c(CCC(=O)NCC2CCN(c3ccc(Br)cc3)C2)c(=O)[nH]1. The van der Waals surface area contributed by atoms with E-state index in [4.69, 9.17) is 0 Å². The Morgan fingerprint density at radius 2 is 2.14 bits per heavy atom. The summed E-state index contributed by atoms with van der Waals surface area (Å²) in [6, 6.07) is 8.33. The Labute approximate surface area is 177 Å². The quantitative estimate of drug-likeness (QED) is 0.485. The van der Waals surface area contributed by atoms with Crippen molar-refractivity contribution >= 4 is 39.3 Å². The Morgan fingerprint density at radius 3 is 2.82 bits per heavy atom. The minimum Gasteiger partial charge on any atom is -0.371 e. The Kier molecular flexibility index (Phi) is 7.18. The molecule has 1 unspecified atom stereocenters. The number of hydrogen-bond acceptors (Lipinski definition) is 5. The van der Waals surface area contributed by atoms with E-state index in [0.29, 0.717) is 41.7 Å². The maximum Gasteiger partial charge on any atom is 0.254 e. The highest BCUT2D eigenvalue weighted by atomic mass is 79.9. The Balaban J connectivity index is 1.45. The zero-order valence-corrected chi connectivity index (χ0v) is 18.5. The molecule has 0 bridgehead atoms. The number of nitrogens with one attached hydrogen (secondary N) is 2. The smallest absolute Gasteiger partial charge is 0.254 e. The Morgan fingerprint density at radius 1 is 1.39 bits per heavy atom. The molecule has 6 nitrogen and oxygen atoms in total. The summed E-state index contributed by atoms with van der Waals surface area (Å²) >= 11 is 4.86. The van der Waals surface area contributed by atoms with Crippen molar-refractivity contribution < 1.29 is 4.79 Å². The second-order valence-electron chi connectivity index (χ2n) is 7.02. The summed E-state index contributed by atoms with van der Waals surface area (Å²) in [5.74, 6) is 0.426. The van der Waals surface area contributed by atoms with E-state index in [1.807, 2.05) is 13.2 Å². The number of rotatable bonds is 7. The first-order valence-corrected chi connectivity index (χ1v) is 11.4. The van der Waals surface area contributed by atoms with Crippen LogP contribution in [0.15, 0.2) is 38.7 Å². The molecular formula is C20H25BrN4O2S. The van der Waals surface area contributed by atoms with Gasteiger partial charge in [-0.15, -0.1) is 0 Å². The van der Waals surface area contributed by atoms with Gasteiger partial charge >= 0.3 is 0 Å². The van der Waals surface area contributed by atoms with E-state index in [0.717, 1.165) is 24.0 Å². The van der Waals surface area contributed by atoms with Crippen LogP contribution in [0.5, 0.6) is 0 Å². The number of hydrogen-bond donors (Lipinski definition) is 2. The summed E-state index contributed by atoms with van der Waals surface area (Å²) in [6.07, 6.45) is 3.64. The number of thioether (sulfide) groups is 1. The molecule has 1 saturated heterocycles. The third kappa shape index (κ3) is 5.38. The van der Waals surface area contributed by atoms with E-state index in [9.17, 15) is 9.59 Å². The fraction of sp³-hybridized carbons (Fsp3) is 0.450. The topological polar surface area (TPSA) is 78.1 Å². The zero-order chi connectivity index (χ0) is 20.1. The highest BCUT2D eigenvalue weighted by molar-refractivity contribution is 9.10. The fourth-order valence-electron chi connectivity index (χ4n) is 3.45. The number of nitrogens with zero attached hydrogens (tertiary/aromatic N) is 2. The van der Waals surface area contributed by atoms with Crippen molar-refractivity contribution in [3.8, 4) is 0 Å². The van der Waals surface area contributed by atoms with Crippen LogP contribution >= 0.6 is 27.7 Å². The number of aryl methyl sites for hydroxylation is 1. The molecule has 0 radical (unpaired) electrons. The van der Waals surface area contributed by atoms with E-state index >= 15 is 0 Å². The molecule has 2 aromatic rings. The molecule has 2 heterocycles. The van der Waals surface area contributed by atoms with Crippen LogP contribution in [-0.2, 0) is 11.2 Å². The van der Waals surface area contributed by atoms with E-state index in [2.05, 4.69) is 60.4 Å². The van der Waals surface area contributed by atoms with Gasteiger partial charge in [-0.05, 0) is 56.2 Å². The number of amides is 1. The van der Waals surface area contributed by atoms with Crippen LogP contribution < -0.4 is 15.8 Å². The van der Waals surface area contributed by atoms with Gasteiger partial charge < -0.3 is 15.2 Å². The number of halogens is 1. The third-order valence-electron chi connectivity index (χ3n) is 5.06. The maximum absolute atomic E-state index is 12.2. The molecule has 1 aromatic carbocycles. The number of aromatic nitrogens is 2. The van der Waals surface area contributed by atoms with Gasteiger partial charge in [-0.2, -0.15) is 0 Å². The van der Waals surface area contributed by atoms with Crippen LogP contribution in [0.1, 0.15) is 24.1 Å². The molecule has 8 heteroatoms. The monoisotopic (exact) mass is 464 g/mol. The standard InChI is InChI=1S/C20H25BrN4O2S/c1-13-17(19(27)24-20(23-13)28-2)7-8-18(26)22-11-14-9-10-25(12-14)16-5-3-15(21)4-6-16/h3-6,14H,7-12H2,1-2H3,(H,22,26)(H,23,24,27). The largest absolute Gasteiger partial charge is 0.371 e. The molecule has 0 saturated carbocycles. The average molecular weight is 465 g/mol. The molecule has 0 spiro atoms. The van der Waals surface area contributed by atoms with Crippen molar-refractivity contribution in [3.05, 3.63) is 50.3 Å². The Hall–Kier alpha value is -1.80. The van der Waals surface area contributed by atoms with Gasteiger partial charge in [0.05, 0.1) is 0 Å². The van der Waals surface area contributed by atoms with Crippen molar-refractivity contribution in [1.82, 2.24) is 15.3 Å². The first-order chi connectivity index (χ1) is 13.5. The average Bonchev–Trinajstić information content (AvgIpc) is 3.15. The van der Waals surface area contributed by atoms with Crippen LogP contribution in [0.2, 0.25) is 0 Å². The van der Waals surface area contributed by atoms with Crippen molar-refractivity contribution in [2.24, 2.45) is 5.92 Å². The molecule has 2 N–H and O–H groups in total. The number of aromatic amines is 1. The maximum atomic E-state index is 12.2. The lowest BCUT2D eigenvalue weighted by molar-refractivity contribution is -0.121. The normalized spacial score (nSPS) is 16.4. The molecule has 1 fully saturated rings. The predicted octanol–water partition coefficient (Wildman–Crippen LogP) is 3.14. The van der Waals surface area contributed by atoms with Gasteiger partial charge in [0.25, 0.3) is 5.56 Å². The van der Waals surface area contributed by atoms with Gasteiger partial charge in [0.1, 0.15) is 0 Å². The lowest BCUT2D eigenvalue weighted by Crippen LogP contribution is -2.31. The van der Waals surface area contributed by atoms with Crippen molar-refractivity contribution in [3.63, 3.8) is 0 Å². The molecular weight excluding hydrogens is 440 g/mol. The first kappa shape index (κ1) is 20.9. The van der Waals surface area contributed by atoms with Crippen LogP contribution in [0.25, 0.3) is 0 Å². The summed E-state index contributed by atoms with van der Waals surface area (Å²) in [6.45, 7) is 4.44. The number of carbonyl (C=O) groups excluding carboxylic acids is 1. The van der Waals surface area contributed by atoms with Gasteiger partial charge in [-0.3, -0.25) is 9.59 Å². The van der Waals surface area contributed by atoms with E-state index < -0.39 is 0 Å². The van der Waals surface area contributed by atoms with E-state index in [-0.39, 0.29) is 11.5 Å². The minimum atomic E-state index is -0.148. The molecule has 28 heavy (non-hydrogen) atoms. The molecule has 0 aliphatic carbocycles. The molecule has 3 rings (SSSR count). The van der Waals surface area contributed by atoms with Gasteiger partial charge in [0.2, 0.25) is 5.91 Å². The van der Waals surface area contributed by atoms with Crippen molar-refractivity contribution in [2.75, 3.05) is 30.8 Å². The summed E-state index contributed by atoms with van der Waals surface area (Å²) in [5.41, 5.74) is 2.36. The predicted molar refractivity (Wildman–Crippen MR) is 117 cm³/mol. The summed E-state index contributed by atoms with van der Waals surface area (Å²) in [5, 5.41) is 3.63. The van der Waals surface area contributed by atoms with Crippen LogP contribution in [0.3, 0.4) is 0 Å². The van der Waals surface area contributed by atoms with Gasteiger partial charge in [-0.1, -0.05) is 27.7 Å². The van der Waals surface area contributed by atoms with Gasteiger partial charge in [-0.25, -0.2) is 4.98 Å². The van der Waals surface area contributed by atoms with E-state index in [1.165, 1.54) is 17.4 Å². The number of benzene rings is 1. The highest BCUT2D eigenvalue weighted by Crippen LogP contribution is 2.25. The fourth-order valence-corrected chi connectivity index (χ4v) is 4.13.